The van der Waals surface area contributed by atoms with Gasteiger partial charge in [-0.05, 0) is 17.7 Å². The maximum atomic E-state index is 3.43. The largest absolute Gasteiger partial charge is 0.361 e. The van der Waals surface area contributed by atoms with Crippen LogP contribution >= 0.6 is 0 Å². The van der Waals surface area contributed by atoms with Crippen LogP contribution in [0.15, 0.2) is 30.5 Å². The molecule has 0 aliphatic carbocycles. The fourth-order valence-electron chi connectivity index (χ4n) is 1.62. The number of aromatic amines is 1. The van der Waals surface area contributed by atoms with E-state index >= 15 is 0 Å². The van der Waals surface area contributed by atoms with Crippen molar-refractivity contribution in [3.63, 3.8) is 0 Å². The molecule has 1 heterocycles. The van der Waals surface area contributed by atoms with E-state index in [9.17, 15) is 0 Å². The highest BCUT2D eigenvalue weighted by molar-refractivity contribution is 5.82. The van der Waals surface area contributed by atoms with Crippen molar-refractivity contribution in [2.45, 2.75) is 26.4 Å². The Morgan fingerprint density at radius 2 is 2.14 bits per heavy atom. The number of hydrogen-bond donors (Lipinski definition) is 2. The second-order valence-electron chi connectivity index (χ2n) is 3.89. The number of rotatable bonds is 3. The van der Waals surface area contributed by atoms with Crippen molar-refractivity contribution in [1.29, 1.82) is 0 Å². The summed E-state index contributed by atoms with van der Waals surface area (Å²) in [6, 6.07) is 9.03. The molecule has 0 saturated heterocycles. The van der Waals surface area contributed by atoms with Crippen LogP contribution in [0.4, 0.5) is 0 Å². The molecule has 0 radical (unpaired) electrons. The molecule has 2 N–H and O–H groups in total. The zero-order chi connectivity index (χ0) is 9.97. The molecule has 0 fully saturated rings. The lowest BCUT2D eigenvalue weighted by atomic mass is 10.1. The van der Waals surface area contributed by atoms with Crippen LogP contribution in [0, 0.1) is 0 Å². The van der Waals surface area contributed by atoms with Gasteiger partial charge in [-0.3, -0.25) is 0 Å². The summed E-state index contributed by atoms with van der Waals surface area (Å²) in [5.74, 6) is 0. The number of fused-ring (bicyclic) bond motifs is 1. The molecule has 0 aliphatic heterocycles. The van der Waals surface area contributed by atoms with Gasteiger partial charge in [-0.25, -0.2) is 0 Å². The predicted molar refractivity (Wildman–Crippen MR) is 60.3 cm³/mol. The van der Waals surface area contributed by atoms with Gasteiger partial charge in [0.2, 0.25) is 0 Å². The Morgan fingerprint density at radius 1 is 1.29 bits per heavy atom. The zero-order valence-electron chi connectivity index (χ0n) is 8.67. The fourth-order valence-corrected chi connectivity index (χ4v) is 1.62. The third-order valence-corrected chi connectivity index (χ3v) is 2.39. The van der Waals surface area contributed by atoms with E-state index in [-0.39, 0.29) is 0 Å². The van der Waals surface area contributed by atoms with Crippen molar-refractivity contribution in [3.8, 4) is 0 Å². The third kappa shape index (κ3) is 1.80. The van der Waals surface area contributed by atoms with Gasteiger partial charge in [-0.15, -0.1) is 0 Å². The Kier molecular flexibility index (Phi) is 2.55. The first-order valence-electron chi connectivity index (χ1n) is 5.06. The van der Waals surface area contributed by atoms with Gasteiger partial charge in [0, 0.05) is 29.7 Å². The summed E-state index contributed by atoms with van der Waals surface area (Å²) in [5, 5.41) is 4.75. The Hall–Kier alpha value is -1.28. The maximum absolute atomic E-state index is 3.43. The van der Waals surface area contributed by atoms with Crippen LogP contribution in [0.25, 0.3) is 10.9 Å². The number of hydrogen-bond acceptors (Lipinski definition) is 1. The van der Waals surface area contributed by atoms with E-state index in [0.29, 0.717) is 6.04 Å². The lowest BCUT2D eigenvalue weighted by Crippen LogP contribution is -2.21. The van der Waals surface area contributed by atoms with E-state index in [2.05, 4.69) is 48.4 Å². The maximum Gasteiger partial charge on any atom is 0.0457 e. The summed E-state index contributed by atoms with van der Waals surface area (Å²) >= 11 is 0. The molecule has 2 heteroatoms. The highest BCUT2D eigenvalue weighted by Crippen LogP contribution is 2.16. The van der Waals surface area contributed by atoms with Crippen LogP contribution in [0.2, 0.25) is 0 Å². The standard InChI is InChI=1S/C12H16N2/c1-9(2)14-8-10-4-3-5-12-11(10)6-7-13-12/h3-7,9,13-14H,8H2,1-2H3. The average molecular weight is 188 g/mol. The Labute approximate surface area is 84.3 Å². The molecule has 14 heavy (non-hydrogen) atoms. The van der Waals surface area contributed by atoms with Crippen molar-refractivity contribution in [1.82, 2.24) is 10.3 Å². The molecule has 74 valence electrons. The molecule has 0 saturated carbocycles. The van der Waals surface area contributed by atoms with E-state index in [1.165, 1.54) is 16.5 Å². The minimum Gasteiger partial charge on any atom is -0.361 e. The van der Waals surface area contributed by atoms with Crippen LogP contribution in [0.1, 0.15) is 19.4 Å². The minimum absolute atomic E-state index is 0.532. The molecule has 2 rings (SSSR count). The topological polar surface area (TPSA) is 27.8 Å². The summed E-state index contributed by atoms with van der Waals surface area (Å²) < 4.78 is 0. The number of H-pyrrole nitrogens is 1. The molecular formula is C12H16N2. The van der Waals surface area contributed by atoms with Crippen molar-refractivity contribution in [2.75, 3.05) is 0 Å². The summed E-state index contributed by atoms with van der Waals surface area (Å²) in [6.45, 7) is 5.27. The van der Waals surface area contributed by atoms with Gasteiger partial charge in [0.15, 0.2) is 0 Å². The predicted octanol–water partition coefficient (Wildman–Crippen LogP) is 2.67. The lowest BCUT2D eigenvalue weighted by Gasteiger charge is -2.08. The van der Waals surface area contributed by atoms with Gasteiger partial charge in [0.25, 0.3) is 0 Å². The van der Waals surface area contributed by atoms with Crippen LogP contribution in [-0.4, -0.2) is 11.0 Å². The highest BCUT2D eigenvalue weighted by atomic mass is 14.9. The zero-order valence-corrected chi connectivity index (χ0v) is 8.67. The molecule has 0 amide bonds. The minimum atomic E-state index is 0.532. The molecule has 0 unspecified atom stereocenters. The fraction of sp³-hybridized carbons (Fsp3) is 0.333. The SMILES string of the molecule is CC(C)NCc1cccc2[nH]ccc12. The molecule has 0 spiro atoms. The Balaban J connectivity index is 2.27. The number of aromatic nitrogens is 1. The normalized spacial score (nSPS) is 11.4. The van der Waals surface area contributed by atoms with Crippen LogP contribution < -0.4 is 5.32 Å². The number of nitrogens with one attached hydrogen (secondary N) is 2. The molecular weight excluding hydrogens is 172 g/mol. The van der Waals surface area contributed by atoms with Crippen LogP contribution in [-0.2, 0) is 6.54 Å². The van der Waals surface area contributed by atoms with Gasteiger partial charge in [0.1, 0.15) is 0 Å². The van der Waals surface area contributed by atoms with Gasteiger partial charge >= 0.3 is 0 Å². The molecule has 1 aromatic heterocycles. The second kappa shape index (κ2) is 3.84. The van der Waals surface area contributed by atoms with Gasteiger partial charge in [-0.2, -0.15) is 0 Å². The monoisotopic (exact) mass is 188 g/mol. The summed E-state index contributed by atoms with van der Waals surface area (Å²) in [6.07, 6.45) is 1.99. The van der Waals surface area contributed by atoms with E-state index in [1.807, 2.05) is 6.20 Å². The summed E-state index contributed by atoms with van der Waals surface area (Å²) in [4.78, 5) is 3.22. The van der Waals surface area contributed by atoms with E-state index in [0.717, 1.165) is 6.54 Å². The summed E-state index contributed by atoms with van der Waals surface area (Å²) in [5.41, 5.74) is 2.57. The van der Waals surface area contributed by atoms with E-state index in [1.54, 1.807) is 0 Å². The molecule has 1 aromatic carbocycles. The Morgan fingerprint density at radius 3 is 2.93 bits per heavy atom. The smallest absolute Gasteiger partial charge is 0.0457 e. The first-order chi connectivity index (χ1) is 6.77. The van der Waals surface area contributed by atoms with Gasteiger partial charge in [0.05, 0.1) is 0 Å². The quantitative estimate of drug-likeness (QED) is 0.761. The van der Waals surface area contributed by atoms with Crippen molar-refractivity contribution >= 4 is 10.9 Å². The first-order valence-corrected chi connectivity index (χ1v) is 5.06. The summed E-state index contributed by atoms with van der Waals surface area (Å²) in [7, 11) is 0. The number of benzene rings is 1. The van der Waals surface area contributed by atoms with E-state index < -0.39 is 0 Å². The molecule has 0 aliphatic rings. The second-order valence-corrected chi connectivity index (χ2v) is 3.89. The van der Waals surface area contributed by atoms with E-state index in [4.69, 9.17) is 0 Å². The average Bonchev–Trinajstić information content (AvgIpc) is 2.62. The lowest BCUT2D eigenvalue weighted by molar-refractivity contribution is 0.591. The third-order valence-electron chi connectivity index (χ3n) is 2.39. The highest BCUT2D eigenvalue weighted by Gasteiger charge is 2.01. The van der Waals surface area contributed by atoms with Crippen molar-refractivity contribution < 1.29 is 0 Å². The Bertz CT molecular complexity index is 415. The van der Waals surface area contributed by atoms with Crippen LogP contribution in [0.3, 0.4) is 0 Å². The van der Waals surface area contributed by atoms with Crippen molar-refractivity contribution in [2.24, 2.45) is 0 Å². The molecule has 2 aromatic rings. The van der Waals surface area contributed by atoms with Gasteiger partial charge in [-0.1, -0.05) is 26.0 Å². The van der Waals surface area contributed by atoms with Crippen LogP contribution in [0.5, 0.6) is 0 Å². The molecule has 0 atom stereocenters. The molecule has 2 nitrogen and oxygen atoms in total. The first kappa shape index (κ1) is 9.28. The van der Waals surface area contributed by atoms with Crippen molar-refractivity contribution in [3.05, 3.63) is 36.0 Å². The molecule has 0 bridgehead atoms. The van der Waals surface area contributed by atoms with Gasteiger partial charge < -0.3 is 10.3 Å².